The van der Waals surface area contributed by atoms with Crippen molar-refractivity contribution >= 4 is 33.6 Å². The van der Waals surface area contributed by atoms with Crippen LogP contribution in [-0.4, -0.2) is 0 Å². The maximum atomic E-state index is 11.9. The van der Waals surface area contributed by atoms with Crippen molar-refractivity contribution < 1.29 is 4.42 Å². The molecule has 0 amide bonds. The molecule has 0 spiro atoms. The van der Waals surface area contributed by atoms with Gasteiger partial charge in [0.05, 0.1) is 0 Å². The van der Waals surface area contributed by atoms with Gasteiger partial charge >= 0.3 is 5.63 Å². The summed E-state index contributed by atoms with van der Waals surface area (Å²) in [6, 6.07) is 17.5. The van der Waals surface area contributed by atoms with E-state index in [0.29, 0.717) is 9.15 Å². The maximum absolute atomic E-state index is 11.9. The first-order valence-corrected chi connectivity index (χ1v) is 6.62. The molecule has 0 radical (unpaired) electrons. The highest BCUT2D eigenvalue weighted by atomic mass is 127. The fourth-order valence-electron chi connectivity index (χ4n) is 2.01. The van der Waals surface area contributed by atoms with Gasteiger partial charge in [-0.1, -0.05) is 48.5 Å². The Balaban J connectivity index is 2.47. The fourth-order valence-corrected chi connectivity index (χ4v) is 2.73. The van der Waals surface area contributed by atoms with Gasteiger partial charge in [0, 0.05) is 10.9 Å². The summed E-state index contributed by atoms with van der Waals surface area (Å²) in [5.74, 6) is 0. The molecule has 2 aromatic carbocycles. The highest BCUT2D eigenvalue weighted by molar-refractivity contribution is 14.1. The predicted octanol–water partition coefficient (Wildman–Crippen LogP) is 4.06. The standard InChI is InChI=1S/C15H9IO2/c16-14-13(10-6-2-1-3-7-10)11-8-4-5-9-12(11)18-15(14)17/h1-9H. The van der Waals surface area contributed by atoms with Crippen LogP contribution in [0.25, 0.3) is 22.1 Å². The minimum Gasteiger partial charge on any atom is -0.422 e. The van der Waals surface area contributed by atoms with E-state index in [-0.39, 0.29) is 5.63 Å². The zero-order valence-corrected chi connectivity index (χ0v) is 11.5. The van der Waals surface area contributed by atoms with Crippen LogP contribution in [-0.2, 0) is 0 Å². The van der Waals surface area contributed by atoms with Crippen LogP contribution in [0.1, 0.15) is 0 Å². The molecule has 2 nitrogen and oxygen atoms in total. The zero-order valence-electron chi connectivity index (χ0n) is 9.39. The van der Waals surface area contributed by atoms with Gasteiger partial charge in [0.1, 0.15) is 9.15 Å². The summed E-state index contributed by atoms with van der Waals surface area (Å²) in [5.41, 5.74) is 2.32. The molecule has 0 aliphatic carbocycles. The Morgan fingerprint density at radius 2 is 1.56 bits per heavy atom. The van der Waals surface area contributed by atoms with Crippen molar-refractivity contribution in [3.63, 3.8) is 0 Å². The van der Waals surface area contributed by atoms with Gasteiger partial charge in [0.2, 0.25) is 0 Å². The Hall–Kier alpha value is -1.62. The molecular formula is C15H9IO2. The average molecular weight is 348 g/mol. The minimum absolute atomic E-state index is 0.284. The Morgan fingerprint density at radius 3 is 2.33 bits per heavy atom. The van der Waals surface area contributed by atoms with Gasteiger partial charge < -0.3 is 4.42 Å². The molecule has 1 heterocycles. The average Bonchev–Trinajstić information content (AvgIpc) is 2.41. The number of hydrogen-bond acceptors (Lipinski definition) is 2. The molecule has 3 heteroatoms. The highest BCUT2D eigenvalue weighted by Gasteiger charge is 2.13. The van der Waals surface area contributed by atoms with Crippen molar-refractivity contribution in [1.29, 1.82) is 0 Å². The van der Waals surface area contributed by atoms with E-state index in [1.807, 2.05) is 54.6 Å². The lowest BCUT2D eigenvalue weighted by atomic mass is 10.0. The van der Waals surface area contributed by atoms with E-state index < -0.39 is 0 Å². The van der Waals surface area contributed by atoms with Crippen molar-refractivity contribution in [3.05, 3.63) is 68.6 Å². The third-order valence-corrected chi connectivity index (χ3v) is 3.80. The fraction of sp³-hybridized carbons (Fsp3) is 0. The van der Waals surface area contributed by atoms with Crippen molar-refractivity contribution in [2.24, 2.45) is 0 Å². The van der Waals surface area contributed by atoms with Crippen LogP contribution < -0.4 is 5.63 Å². The number of para-hydroxylation sites is 1. The summed E-state index contributed by atoms with van der Waals surface area (Å²) in [4.78, 5) is 11.9. The largest absolute Gasteiger partial charge is 0.422 e. The SMILES string of the molecule is O=c1oc2ccccc2c(-c2ccccc2)c1I. The molecule has 0 N–H and O–H groups in total. The van der Waals surface area contributed by atoms with E-state index in [4.69, 9.17) is 4.42 Å². The molecular weight excluding hydrogens is 339 g/mol. The van der Waals surface area contributed by atoms with Crippen molar-refractivity contribution in [2.45, 2.75) is 0 Å². The van der Waals surface area contributed by atoms with E-state index in [9.17, 15) is 4.79 Å². The van der Waals surface area contributed by atoms with E-state index >= 15 is 0 Å². The van der Waals surface area contributed by atoms with Gasteiger partial charge in [-0.2, -0.15) is 0 Å². The molecule has 0 saturated carbocycles. The molecule has 1 aromatic heterocycles. The quantitative estimate of drug-likeness (QED) is 0.490. The molecule has 88 valence electrons. The predicted molar refractivity (Wildman–Crippen MR) is 80.6 cm³/mol. The molecule has 3 aromatic rings. The minimum atomic E-state index is -0.284. The lowest BCUT2D eigenvalue weighted by Gasteiger charge is -2.07. The second kappa shape index (κ2) is 4.57. The summed E-state index contributed by atoms with van der Waals surface area (Å²) >= 11 is 2.05. The molecule has 3 rings (SSSR count). The lowest BCUT2D eigenvalue weighted by molar-refractivity contribution is 0.556. The van der Waals surface area contributed by atoms with Gasteiger partial charge in [-0.15, -0.1) is 0 Å². The zero-order chi connectivity index (χ0) is 12.5. The summed E-state index contributed by atoms with van der Waals surface area (Å²) < 4.78 is 5.91. The van der Waals surface area contributed by atoms with E-state index in [0.717, 1.165) is 16.5 Å². The van der Waals surface area contributed by atoms with Crippen LogP contribution in [0.2, 0.25) is 0 Å². The summed E-state index contributed by atoms with van der Waals surface area (Å²) in [5, 5.41) is 0.965. The molecule has 0 aliphatic rings. The number of halogens is 1. The number of benzene rings is 2. The topological polar surface area (TPSA) is 30.2 Å². The normalized spacial score (nSPS) is 10.7. The Kier molecular flexibility index (Phi) is 2.91. The van der Waals surface area contributed by atoms with E-state index in [2.05, 4.69) is 22.6 Å². The van der Waals surface area contributed by atoms with Gasteiger partial charge in [0.15, 0.2) is 0 Å². The molecule has 0 fully saturated rings. The second-order valence-corrected chi connectivity index (χ2v) is 5.02. The van der Waals surface area contributed by atoms with Crippen LogP contribution >= 0.6 is 22.6 Å². The first-order valence-electron chi connectivity index (χ1n) is 5.54. The first kappa shape index (κ1) is 11.5. The second-order valence-electron chi connectivity index (χ2n) is 3.94. The van der Waals surface area contributed by atoms with Crippen LogP contribution in [0.3, 0.4) is 0 Å². The van der Waals surface area contributed by atoms with Gasteiger partial charge in [-0.25, -0.2) is 4.79 Å². The molecule has 0 saturated heterocycles. The van der Waals surface area contributed by atoms with Crippen molar-refractivity contribution in [1.82, 2.24) is 0 Å². The molecule has 0 bridgehead atoms. The summed E-state index contributed by atoms with van der Waals surface area (Å²) in [7, 11) is 0. The van der Waals surface area contributed by atoms with E-state index in [1.54, 1.807) is 0 Å². The number of rotatable bonds is 1. The third kappa shape index (κ3) is 1.84. The molecule has 18 heavy (non-hydrogen) atoms. The Bertz CT molecular complexity index is 760. The van der Waals surface area contributed by atoms with Gasteiger partial charge in [0.25, 0.3) is 0 Å². The van der Waals surface area contributed by atoms with Crippen LogP contribution in [0, 0.1) is 3.57 Å². The smallest absolute Gasteiger partial charge is 0.350 e. The third-order valence-electron chi connectivity index (χ3n) is 2.82. The monoisotopic (exact) mass is 348 g/mol. The molecule has 0 unspecified atom stereocenters. The molecule has 0 atom stereocenters. The lowest BCUT2D eigenvalue weighted by Crippen LogP contribution is -2.05. The first-order chi connectivity index (χ1) is 8.77. The van der Waals surface area contributed by atoms with Gasteiger partial charge in [-0.05, 0) is 34.2 Å². The van der Waals surface area contributed by atoms with E-state index in [1.165, 1.54) is 0 Å². The van der Waals surface area contributed by atoms with Gasteiger partial charge in [-0.3, -0.25) is 0 Å². The van der Waals surface area contributed by atoms with Crippen LogP contribution in [0.15, 0.2) is 63.8 Å². The van der Waals surface area contributed by atoms with Crippen molar-refractivity contribution in [2.75, 3.05) is 0 Å². The Labute approximate surface area is 117 Å². The number of hydrogen-bond donors (Lipinski definition) is 0. The molecule has 0 aliphatic heterocycles. The maximum Gasteiger partial charge on any atom is 0.350 e. The van der Waals surface area contributed by atoms with Crippen LogP contribution in [0.5, 0.6) is 0 Å². The number of fused-ring (bicyclic) bond motifs is 1. The van der Waals surface area contributed by atoms with Crippen molar-refractivity contribution in [3.8, 4) is 11.1 Å². The highest BCUT2D eigenvalue weighted by Crippen LogP contribution is 2.30. The Morgan fingerprint density at radius 1 is 0.889 bits per heavy atom. The summed E-state index contributed by atoms with van der Waals surface area (Å²) in [6.07, 6.45) is 0. The summed E-state index contributed by atoms with van der Waals surface area (Å²) in [6.45, 7) is 0. The van der Waals surface area contributed by atoms with Crippen LogP contribution in [0.4, 0.5) is 0 Å².